The number of benzene rings is 1. The quantitative estimate of drug-likeness (QED) is 0.767. The fourth-order valence-corrected chi connectivity index (χ4v) is 2.45. The van der Waals surface area contributed by atoms with Gasteiger partial charge in [0.2, 0.25) is 5.13 Å². The molecule has 0 aliphatic carbocycles. The summed E-state index contributed by atoms with van der Waals surface area (Å²) in [4.78, 5) is 24.0. The second-order valence-electron chi connectivity index (χ2n) is 3.60. The van der Waals surface area contributed by atoms with Crippen LogP contribution in [0.2, 0.25) is 0 Å². The number of imide groups is 1. The van der Waals surface area contributed by atoms with Crippen LogP contribution in [0.15, 0.2) is 42.5 Å². The standard InChI is InChI=1S/C12H7N3O2S/c16-9-6-7-10(17)15(9)12-14-13-11(18-12)8-4-2-1-3-5-8/h1-7H. The van der Waals surface area contributed by atoms with Gasteiger partial charge in [0.05, 0.1) is 0 Å². The number of amides is 2. The van der Waals surface area contributed by atoms with Crippen LogP contribution in [0.3, 0.4) is 0 Å². The van der Waals surface area contributed by atoms with Gasteiger partial charge in [0, 0.05) is 17.7 Å². The van der Waals surface area contributed by atoms with Gasteiger partial charge < -0.3 is 0 Å². The molecule has 1 aliphatic rings. The summed E-state index contributed by atoms with van der Waals surface area (Å²) >= 11 is 1.21. The Hall–Kier alpha value is -2.34. The fraction of sp³-hybridized carbons (Fsp3) is 0. The Morgan fingerprint density at radius 3 is 2.28 bits per heavy atom. The van der Waals surface area contributed by atoms with Gasteiger partial charge in [-0.2, -0.15) is 0 Å². The van der Waals surface area contributed by atoms with Crippen LogP contribution in [-0.2, 0) is 9.59 Å². The van der Waals surface area contributed by atoms with Crippen LogP contribution in [-0.4, -0.2) is 22.0 Å². The van der Waals surface area contributed by atoms with Crippen molar-refractivity contribution in [3.8, 4) is 10.6 Å². The van der Waals surface area contributed by atoms with Gasteiger partial charge in [-0.1, -0.05) is 41.7 Å². The summed E-state index contributed by atoms with van der Waals surface area (Å²) in [5.74, 6) is -0.758. The van der Waals surface area contributed by atoms with Gasteiger partial charge in [0.1, 0.15) is 5.01 Å². The average molecular weight is 257 g/mol. The van der Waals surface area contributed by atoms with E-state index in [1.54, 1.807) is 0 Å². The maximum absolute atomic E-state index is 11.5. The highest BCUT2D eigenvalue weighted by molar-refractivity contribution is 7.18. The second-order valence-corrected chi connectivity index (χ2v) is 4.56. The maximum atomic E-state index is 11.5. The Morgan fingerprint density at radius 1 is 0.944 bits per heavy atom. The molecule has 1 aromatic carbocycles. The number of hydrogen-bond acceptors (Lipinski definition) is 5. The molecule has 0 bridgehead atoms. The van der Waals surface area contributed by atoms with Crippen molar-refractivity contribution in [3.05, 3.63) is 42.5 Å². The number of hydrogen-bond donors (Lipinski definition) is 0. The first-order valence-electron chi connectivity index (χ1n) is 5.21. The van der Waals surface area contributed by atoms with Crippen molar-refractivity contribution in [2.75, 3.05) is 4.90 Å². The van der Waals surface area contributed by atoms with Crippen LogP contribution in [0.5, 0.6) is 0 Å². The van der Waals surface area contributed by atoms with E-state index in [1.807, 2.05) is 30.3 Å². The lowest BCUT2D eigenvalue weighted by Gasteiger charge is -2.07. The van der Waals surface area contributed by atoms with E-state index in [2.05, 4.69) is 10.2 Å². The third-order valence-electron chi connectivity index (χ3n) is 2.44. The Bertz CT molecular complexity index is 630. The molecule has 0 saturated carbocycles. The minimum atomic E-state index is -0.379. The lowest BCUT2D eigenvalue weighted by Crippen LogP contribution is -2.29. The molecule has 0 atom stereocenters. The molecular formula is C12H7N3O2S. The predicted octanol–water partition coefficient (Wildman–Crippen LogP) is 1.63. The van der Waals surface area contributed by atoms with E-state index in [0.29, 0.717) is 10.1 Å². The summed E-state index contributed by atoms with van der Waals surface area (Å²) in [6.07, 6.45) is 2.46. The van der Waals surface area contributed by atoms with Crippen molar-refractivity contribution < 1.29 is 9.59 Å². The third kappa shape index (κ3) is 1.72. The SMILES string of the molecule is O=C1C=CC(=O)N1c1nnc(-c2ccccc2)s1. The number of carbonyl (C=O) groups excluding carboxylic acids is 2. The molecule has 0 fully saturated rings. The van der Waals surface area contributed by atoms with E-state index in [9.17, 15) is 9.59 Å². The van der Waals surface area contributed by atoms with E-state index in [-0.39, 0.29) is 11.8 Å². The smallest absolute Gasteiger partial charge is 0.260 e. The summed E-state index contributed by atoms with van der Waals surface area (Å²) in [5.41, 5.74) is 0.910. The van der Waals surface area contributed by atoms with Crippen LogP contribution in [0.1, 0.15) is 0 Å². The zero-order valence-corrected chi connectivity index (χ0v) is 9.92. The summed E-state index contributed by atoms with van der Waals surface area (Å²) in [7, 11) is 0. The van der Waals surface area contributed by atoms with Crippen molar-refractivity contribution in [1.29, 1.82) is 0 Å². The molecule has 5 nitrogen and oxygen atoms in total. The minimum absolute atomic E-state index is 0.300. The highest BCUT2D eigenvalue weighted by atomic mass is 32.1. The monoisotopic (exact) mass is 257 g/mol. The Kier molecular flexibility index (Phi) is 2.49. The van der Waals surface area contributed by atoms with Crippen LogP contribution in [0.25, 0.3) is 10.6 Å². The highest BCUT2D eigenvalue weighted by Gasteiger charge is 2.28. The summed E-state index contributed by atoms with van der Waals surface area (Å²) in [5, 5.41) is 8.86. The molecule has 3 rings (SSSR count). The van der Waals surface area contributed by atoms with Gasteiger partial charge in [-0.25, -0.2) is 4.90 Å². The minimum Gasteiger partial charge on any atom is -0.269 e. The molecule has 0 unspecified atom stereocenters. The van der Waals surface area contributed by atoms with Crippen LogP contribution in [0, 0.1) is 0 Å². The first-order chi connectivity index (χ1) is 8.75. The zero-order chi connectivity index (χ0) is 12.5. The molecule has 1 aromatic heterocycles. The molecule has 0 radical (unpaired) electrons. The van der Waals surface area contributed by atoms with Gasteiger partial charge in [0.15, 0.2) is 0 Å². The van der Waals surface area contributed by atoms with Crippen molar-refractivity contribution in [1.82, 2.24) is 10.2 Å². The molecule has 1 aliphatic heterocycles. The van der Waals surface area contributed by atoms with Crippen LogP contribution < -0.4 is 4.90 Å². The van der Waals surface area contributed by atoms with Gasteiger partial charge >= 0.3 is 0 Å². The molecule has 0 N–H and O–H groups in total. The molecule has 6 heteroatoms. The Morgan fingerprint density at radius 2 is 1.61 bits per heavy atom. The summed E-state index contributed by atoms with van der Waals surface area (Å²) in [6.45, 7) is 0. The summed E-state index contributed by atoms with van der Waals surface area (Å²) in [6, 6.07) is 9.49. The lowest BCUT2D eigenvalue weighted by molar-refractivity contribution is -0.119. The average Bonchev–Trinajstić information content (AvgIpc) is 2.98. The molecule has 88 valence electrons. The van der Waals surface area contributed by atoms with Crippen molar-refractivity contribution in [2.45, 2.75) is 0 Å². The molecule has 18 heavy (non-hydrogen) atoms. The van der Waals surface area contributed by atoms with Crippen molar-refractivity contribution in [2.24, 2.45) is 0 Å². The number of carbonyl (C=O) groups is 2. The Balaban J connectivity index is 1.96. The van der Waals surface area contributed by atoms with E-state index in [4.69, 9.17) is 0 Å². The second kappa shape index (κ2) is 4.15. The number of rotatable bonds is 2. The van der Waals surface area contributed by atoms with E-state index in [1.165, 1.54) is 23.5 Å². The fourth-order valence-electron chi connectivity index (χ4n) is 1.59. The molecule has 2 aromatic rings. The van der Waals surface area contributed by atoms with E-state index >= 15 is 0 Å². The van der Waals surface area contributed by atoms with Gasteiger partial charge in [-0.15, -0.1) is 10.2 Å². The first kappa shape index (κ1) is 10.8. The topological polar surface area (TPSA) is 63.2 Å². The number of nitrogens with zero attached hydrogens (tertiary/aromatic N) is 3. The molecule has 0 saturated heterocycles. The van der Waals surface area contributed by atoms with E-state index < -0.39 is 0 Å². The molecule has 2 amide bonds. The third-order valence-corrected chi connectivity index (χ3v) is 3.39. The molecule has 2 heterocycles. The van der Waals surface area contributed by atoms with Crippen LogP contribution >= 0.6 is 11.3 Å². The van der Waals surface area contributed by atoms with Crippen molar-refractivity contribution >= 4 is 28.3 Å². The van der Waals surface area contributed by atoms with Gasteiger partial charge in [-0.05, 0) is 0 Å². The van der Waals surface area contributed by atoms with Gasteiger partial charge in [0.25, 0.3) is 11.8 Å². The van der Waals surface area contributed by atoms with Gasteiger partial charge in [-0.3, -0.25) is 9.59 Å². The maximum Gasteiger partial charge on any atom is 0.260 e. The molecular weight excluding hydrogens is 250 g/mol. The number of anilines is 1. The molecule has 0 spiro atoms. The zero-order valence-electron chi connectivity index (χ0n) is 9.11. The highest BCUT2D eigenvalue weighted by Crippen LogP contribution is 2.29. The number of aromatic nitrogens is 2. The van der Waals surface area contributed by atoms with E-state index in [0.717, 1.165) is 10.5 Å². The summed E-state index contributed by atoms with van der Waals surface area (Å²) < 4.78 is 0. The Labute approximate surface area is 106 Å². The van der Waals surface area contributed by atoms with Crippen molar-refractivity contribution in [3.63, 3.8) is 0 Å². The lowest BCUT2D eigenvalue weighted by atomic mass is 10.2. The predicted molar refractivity (Wildman–Crippen MR) is 67.0 cm³/mol. The van der Waals surface area contributed by atoms with Crippen LogP contribution in [0.4, 0.5) is 5.13 Å². The largest absolute Gasteiger partial charge is 0.269 e. The first-order valence-corrected chi connectivity index (χ1v) is 6.02. The normalized spacial score (nSPS) is 14.6.